The Morgan fingerprint density at radius 2 is 1.41 bits per heavy atom. The first-order valence-corrected chi connectivity index (χ1v) is 9.64. The highest BCUT2D eigenvalue weighted by Gasteiger charge is 2.34. The summed E-state index contributed by atoms with van der Waals surface area (Å²) in [7, 11) is 2.75. The average Bonchev–Trinajstić information content (AvgIpc) is 2.65. The summed E-state index contributed by atoms with van der Waals surface area (Å²) in [6.07, 6.45) is 9.02. The van der Waals surface area contributed by atoms with Crippen LogP contribution in [0, 0.1) is 0 Å². The van der Waals surface area contributed by atoms with Crippen molar-refractivity contribution >= 4 is 11.6 Å². The standard InChI is InChI=1S/C20H33NO6/c1-14(27-21-24)12-10-8-6-5-7-9-11-13-16-15(2)17(22)19(25-3)20(26-4)18(16)23/h14,21,24H,5-13H2,1-4H3. The molecule has 27 heavy (non-hydrogen) atoms. The molecule has 0 radical (unpaired) electrons. The highest BCUT2D eigenvalue weighted by molar-refractivity contribution is 6.23. The van der Waals surface area contributed by atoms with Crippen LogP contribution in [0.2, 0.25) is 0 Å². The summed E-state index contributed by atoms with van der Waals surface area (Å²) in [5, 5.41) is 8.42. The fraction of sp³-hybridized carbons (Fsp3) is 0.700. The molecule has 154 valence electrons. The second-order valence-corrected chi connectivity index (χ2v) is 6.86. The topological polar surface area (TPSA) is 94.1 Å². The van der Waals surface area contributed by atoms with Crippen molar-refractivity contribution in [3.8, 4) is 0 Å². The summed E-state index contributed by atoms with van der Waals surface area (Å²) < 4.78 is 10.1. The third-order valence-electron chi connectivity index (χ3n) is 4.89. The lowest BCUT2D eigenvalue weighted by molar-refractivity contribution is -0.159. The first kappa shape index (κ1) is 23.3. The lowest BCUT2D eigenvalue weighted by atomic mass is 9.89. The minimum Gasteiger partial charge on any atom is -0.489 e. The summed E-state index contributed by atoms with van der Waals surface area (Å²) in [6.45, 7) is 3.59. The van der Waals surface area contributed by atoms with E-state index in [2.05, 4.69) is 0 Å². The maximum absolute atomic E-state index is 12.5. The highest BCUT2D eigenvalue weighted by Crippen LogP contribution is 2.28. The molecule has 7 heteroatoms. The van der Waals surface area contributed by atoms with Crippen molar-refractivity contribution < 1.29 is 29.1 Å². The Morgan fingerprint density at radius 3 is 1.96 bits per heavy atom. The number of nitrogens with one attached hydrogen (secondary N) is 1. The van der Waals surface area contributed by atoms with Gasteiger partial charge in [0.2, 0.25) is 23.1 Å². The van der Waals surface area contributed by atoms with Gasteiger partial charge in [-0.25, -0.2) is 0 Å². The maximum atomic E-state index is 12.5. The Kier molecular flexibility index (Phi) is 10.9. The van der Waals surface area contributed by atoms with Crippen LogP contribution in [-0.4, -0.2) is 37.1 Å². The molecule has 0 aromatic rings. The Bertz CT molecular complexity index is 567. The van der Waals surface area contributed by atoms with Gasteiger partial charge in [0.25, 0.3) is 0 Å². The van der Waals surface area contributed by atoms with Gasteiger partial charge in [-0.15, -0.1) is 0 Å². The fourth-order valence-electron chi connectivity index (χ4n) is 3.26. The molecule has 0 fully saturated rings. The second kappa shape index (κ2) is 12.6. The lowest BCUT2D eigenvalue weighted by Gasteiger charge is -2.20. The van der Waals surface area contributed by atoms with Crippen LogP contribution < -0.4 is 5.64 Å². The first-order chi connectivity index (χ1) is 13.0. The molecule has 0 aromatic heterocycles. The van der Waals surface area contributed by atoms with Gasteiger partial charge in [0.1, 0.15) is 0 Å². The number of ketones is 2. The molecule has 1 rings (SSSR count). The molecular weight excluding hydrogens is 350 g/mol. The van der Waals surface area contributed by atoms with Crippen LogP contribution in [0.25, 0.3) is 0 Å². The number of unbranched alkanes of at least 4 members (excludes halogenated alkanes) is 6. The van der Waals surface area contributed by atoms with E-state index in [9.17, 15) is 9.59 Å². The van der Waals surface area contributed by atoms with Gasteiger partial charge in [0.15, 0.2) is 0 Å². The van der Waals surface area contributed by atoms with E-state index >= 15 is 0 Å². The van der Waals surface area contributed by atoms with E-state index in [1.54, 1.807) is 12.6 Å². The number of carbonyl (C=O) groups is 2. The Balaban J connectivity index is 2.27. The number of hydrogen-bond donors (Lipinski definition) is 2. The Morgan fingerprint density at radius 1 is 0.889 bits per heavy atom. The van der Waals surface area contributed by atoms with E-state index in [1.165, 1.54) is 14.2 Å². The van der Waals surface area contributed by atoms with Gasteiger partial charge < -0.3 is 9.47 Å². The van der Waals surface area contributed by atoms with Crippen LogP contribution in [0.15, 0.2) is 22.7 Å². The summed E-state index contributed by atoms with van der Waals surface area (Å²) in [4.78, 5) is 29.7. The number of hydrogen-bond acceptors (Lipinski definition) is 7. The van der Waals surface area contributed by atoms with E-state index in [1.807, 2.05) is 6.92 Å². The quantitative estimate of drug-likeness (QED) is 0.268. The zero-order chi connectivity index (χ0) is 20.2. The first-order valence-electron chi connectivity index (χ1n) is 9.64. The van der Waals surface area contributed by atoms with Crippen molar-refractivity contribution in [3.63, 3.8) is 0 Å². The molecular formula is C20H33NO6. The predicted octanol–water partition coefficient (Wildman–Crippen LogP) is 3.77. The molecule has 1 aliphatic carbocycles. The molecule has 0 amide bonds. The summed E-state index contributed by atoms with van der Waals surface area (Å²) >= 11 is 0. The maximum Gasteiger partial charge on any atom is 0.228 e. The van der Waals surface area contributed by atoms with Crippen LogP contribution >= 0.6 is 0 Å². The van der Waals surface area contributed by atoms with Crippen LogP contribution in [0.5, 0.6) is 0 Å². The fourth-order valence-corrected chi connectivity index (χ4v) is 3.26. The van der Waals surface area contributed by atoms with Gasteiger partial charge in [0.05, 0.1) is 20.3 Å². The Hall–Kier alpha value is -1.70. The molecule has 0 aliphatic heterocycles. The van der Waals surface area contributed by atoms with Crippen molar-refractivity contribution in [2.24, 2.45) is 0 Å². The summed E-state index contributed by atoms with van der Waals surface area (Å²) in [5.41, 5.74) is 2.73. The van der Waals surface area contributed by atoms with Crippen molar-refractivity contribution in [3.05, 3.63) is 22.7 Å². The molecule has 0 aromatic carbocycles. The summed E-state index contributed by atoms with van der Waals surface area (Å²) in [6, 6.07) is 0. The largest absolute Gasteiger partial charge is 0.489 e. The monoisotopic (exact) mass is 383 g/mol. The van der Waals surface area contributed by atoms with Gasteiger partial charge >= 0.3 is 0 Å². The summed E-state index contributed by atoms with van der Waals surface area (Å²) in [5.74, 6) is -0.491. The van der Waals surface area contributed by atoms with E-state index in [0.29, 0.717) is 17.6 Å². The minimum absolute atomic E-state index is 0.00163. The highest BCUT2D eigenvalue weighted by atomic mass is 16.8. The molecule has 0 bridgehead atoms. The molecule has 2 N–H and O–H groups in total. The predicted molar refractivity (Wildman–Crippen MR) is 101 cm³/mol. The number of ether oxygens (including phenoxy) is 2. The van der Waals surface area contributed by atoms with Gasteiger partial charge in [-0.3, -0.25) is 19.6 Å². The third kappa shape index (κ3) is 7.08. The zero-order valence-corrected chi connectivity index (χ0v) is 16.9. The number of allylic oxidation sites excluding steroid dienone is 2. The molecule has 1 atom stereocenters. The normalized spacial score (nSPS) is 16.2. The van der Waals surface area contributed by atoms with Crippen LogP contribution in [-0.2, 0) is 23.9 Å². The molecule has 0 saturated carbocycles. The van der Waals surface area contributed by atoms with Crippen LogP contribution in [0.4, 0.5) is 0 Å². The number of Topliss-reactive ketones (excluding diaryl/α,β-unsaturated/α-hetero) is 2. The van der Waals surface area contributed by atoms with E-state index in [0.717, 1.165) is 51.4 Å². The van der Waals surface area contributed by atoms with Gasteiger partial charge in [-0.05, 0) is 33.1 Å². The van der Waals surface area contributed by atoms with Crippen LogP contribution in [0.3, 0.4) is 0 Å². The lowest BCUT2D eigenvalue weighted by Crippen LogP contribution is -2.25. The SMILES string of the molecule is COC1=C(OC)C(=O)C(CCCCCCCCCC(C)ONO)=C(C)C1=O. The number of carbonyl (C=O) groups excluding carboxylic acids is 2. The molecule has 0 spiro atoms. The van der Waals surface area contributed by atoms with Gasteiger partial charge in [-0.2, -0.15) is 0 Å². The van der Waals surface area contributed by atoms with E-state index in [-0.39, 0.29) is 29.2 Å². The second-order valence-electron chi connectivity index (χ2n) is 6.86. The number of methoxy groups -OCH3 is 2. The van der Waals surface area contributed by atoms with Crippen molar-refractivity contribution in [2.45, 2.75) is 77.7 Å². The van der Waals surface area contributed by atoms with E-state index < -0.39 is 0 Å². The molecule has 1 aliphatic rings. The van der Waals surface area contributed by atoms with E-state index in [4.69, 9.17) is 19.5 Å². The van der Waals surface area contributed by atoms with Crippen LogP contribution in [0.1, 0.15) is 71.6 Å². The minimum atomic E-state index is -0.265. The van der Waals surface area contributed by atoms with Gasteiger partial charge in [0, 0.05) is 11.1 Å². The Labute approximate surface area is 161 Å². The van der Waals surface area contributed by atoms with Gasteiger partial charge in [-0.1, -0.05) is 44.2 Å². The molecule has 1 unspecified atom stereocenters. The third-order valence-corrected chi connectivity index (χ3v) is 4.89. The van der Waals surface area contributed by atoms with Crippen molar-refractivity contribution in [2.75, 3.05) is 14.2 Å². The average molecular weight is 383 g/mol. The smallest absolute Gasteiger partial charge is 0.228 e. The molecule has 7 nitrogen and oxygen atoms in total. The van der Waals surface area contributed by atoms with Crippen molar-refractivity contribution in [1.82, 2.24) is 5.64 Å². The number of rotatable bonds is 14. The van der Waals surface area contributed by atoms with Crippen molar-refractivity contribution in [1.29, 1.82) is 0 Å². The molecule has 0 saturated heterocycles. The molecule has 0 heterocycles. The zero-order valence-electron chi connectivity index (χ0n) is 16.9.